The average molecular weight is 377 g/mol. The van der Waals surface area contributed by atoms with Gasteiger partial charge < -0.3 is 15.0 Å². The summed E-state index contributed by atoms with van der Waals surface area (Å²) < 4.78 is 5.14. The predicted octanol–water partition coefficient (Wildman–Crippen LogP) is 2.47. The first-order valence-corrected chi connectivity index (χ1v) is 8.90. The molecule has 0 fully saturated rings. The molecule has 3 aromatic rings. The van der Waals surface area contributed by atoms with Gasteiger partial charge in [-0.3, -0.25) is 9.78 Å². The van der Waals surface area contributed by atoms with E-state index in [4.69, 9.17) is 4.74 Å². The summed E-state index contributed by atoms with van der Waals surface area (Å²) in [5.74, 6) is 2.08. The van der Waals surface area contributed by atoms with E-state index in [0.29, 0.717) is 18.8 Å². The lowest BCUT2D eigenvalue weighted by Gasteiger charge is -2.14. The molecule has 0 radical (unpaired) electrons. The Morgan fingerprint density at radius 1 is 1.07 bits per heavy atom. The first kappa shape index (κ1) is 19.3. The first-order valence-electron chi connectivity index (χ1n) is 8.90. The minimum absolute atomic E-state index is 0.0688. The van der Waals surface area contributed by atoms with Crippen molar-refractivity contribution in [2.75, 3.05) is 26.1 Å². The molecule has 7 nitrogen and oxygen atoms in total. The predicted molar refractivity (Wildman–Crippen MR) is 108 cm³/mol. The van der Waals surface area contributed by atoms with Crippen LogP contribution in [0, 0.1) is 0 Å². The molecule has 0 spiro atoms. The minimum atomic E-state index is -0.0688. The van der Waals surface area contributed by atoms with Gasteiger partial charge in [0, 0.05) is 38.1 Å². The van der Waals surface area contributed by atoms with Crippen molar-refractivity contribution in [2.45, 2.75) is 13.0 Å². The van der Waals surface area contributed by atoms with Crippen molar-refractivity contribution in [1.82, 2.24) is 20.3 Å². The quantitative estimate of drug-likeness (QED) is 0.681. The molecule has 0 aliphatic carbocycles. The van der Waals surface area contributed by atoms with Crippen molar-refractivity contribution in [3.63, 3.8) is 0 Å². The molecule has 28 heavy (non-hydrogen) atoms. The number of nitrogens with one attached hydrogen (secondary N) is 1. The second-order valence-electron chi connectivity index (χ2n) is 6.47. The molecule has 0 saturated heterocycles. The van der Waals surface area contributed by atoms with Gasteiger partial charge in [0.05, 0.1) is 25.8 Å². The van der Waals surface area contributed by atoms with Crippen molar-refractivity contribution in [3.05, 3.63) is 66.1 Å². The molecule has 0 aliphatic rings. The zero-order valence-electron chi connectivity index (χ0n) is 16.2. The Balaban J connectivity index is 1.70. The molecule has 7 heteroatoms. The Bertz CT molecular complexity index is 927. The summed E-state index contributed by atoms with van der Waals surface area (Å²) in [6.07, 6.45) is 3.71. The lowest BCUT2D eigenvalue weighted by Crippen LogP contribution is -2.25. The minimum Gasteiger partial charge on any atom is -0.497 e. The van der Waals surface area contributed by atoms with Crippen LogP contribution in [0.15, 0.2) is 54.9 Å². The number of methoxy groups -OCH3 is 1. The van der Waals surface area contributed by atoms with Crippen molar-refractivity contribution < 1.29 is 9.53 Å². The van der Waals surface area contributed by atoms with Crippen LogP contribution in [-0.4, -0.2) is 42.1 Å². The summed E-state index contributed by atoms with van der Waals surface area (Å²) in [5, 5.41) is 2.93. The number of amides is 1. The summed E-state index contributed by atoms with van der Waals surface area (Å²) >= 11 is 0. The Hall–Kier alpha value is -3.48. The molecule has 2 aromatic heterocycles. The van der Waals surface area contributed by atoms with Crippen molar-refractivity contribution >= 4 is 11.7 Å². The lowest BCUT2D eigenvalue weighted by atomic mass is 10.1. The van der Waals surface area contributed by atoms with E-state index in [1.165, 1.54) is 0 Å². The Kier molecular flexibility index (Phi) is 6.16. The molecule has 0 bridgehead atoms. The molecule has 0 saturated carbocycles. The summed E-state index contributed by atoms with van der Waals surface area (Å²) in [5.41, 5.74) is 2.55. The number of hydrogen-bond acceptors (Lipinski definition) is 6. The summed E-state index contributed by atoms with van der Waals surface area (Å²) in [7, 11) is 5.46. The number of anilines is 1. The van der Waals surface area contributed by atoms with E-state index in [1.807, 2.05) is 61.5 Å². The highest BCUT2D eigenvalue weighted by Gasteiger charge is 2.10. The number of pyridine rings is 1. The van der Waals surface area contributed by atoms with Crippen LogP contribution in [0.25, 0.3) is 11.4 Å². The summed E-state index contributed by atoms with van der Waals surface area (Å²) in [4.78, 5) is 27.4. The Morgan fingerprint density at radius 3 is 2.43 bits per heavy atom. The van der Waals surface area contributed by atoms with Crippen LogP contribution in [0.1, 0.15) is 11.3 Å². The fourth-order valence-corrected chi connectivity index (χ4v) is 2.61. The number of rotatable bonds is 7. The normalized spacial score (nSPS) is 10.4. The number of hydrogen-bond donors (Lipinski definition) is 1. The van der Waals surface area contributed by atoms with Crippen molar-refractivity contribution in [2.24, 2.45) is 0 Å². The topological polar surface area (TPSA) is 80.2 Å². The maximum Gasteiger partial charge on any atom is 0.224 e. The van der Waals surface area contributed by atoms with Crippen LogP contribution in [0.4, 0.5) is 5.82 Å². The third kappa shape index (κ3) is 5.03. The standard InChI is InChI=1S/C21H23N5O2/c1-26(2)19-13-17(24-21(25-19)16-8-10-22-11-9-16)14-23-20(27)12-15-4-6-18(28-3)7-5-15/h4-11,13H,12,14H2,1-3H3,(H,23,27). The Labute approximate surface area is 164 Å². The van der Waals surface area contributed by atoms with Crippen LogP contribution in [-0.2, 0) is 17.8 Å². The molecule has 0 atom stereocenters. The van der Waals surface area contributed by atoms with Gasteiger partial charge in [-0.25, -0.2) is 9.97 Å². The maximum atomic E-state index is 12.3. The molecule has 0 unspecified atom stereocenters. The molecule has 1 amide bonds. The van der Waals surface area contributed by atoms with Crippen molar-refractivity contribution in [1.29, 1.82) is 0 Å². The van der Waals surface area contributed by atoms with Gasteiger partial charge >= 0.3 is 0 Å². The molecule has 3 rings (SSSR count). The van der Waals surface area contributed by atoms with Gasteiger partial charge in [0.1, 0.15) is 11.6 Å². The molecule has 144 valence electrons. The monoisotopic (exact) mass is 377 g/mol. The van der Waals surface area contributed by atoms with E-state index in [1.54, 1.807) is 19.5 Å². The fraction of sp³-hybridized carbons (Fsp3) is 0.238. The van der Waals surface area contributed by atoms with Crippen LogP contribution in [0.2, 0.25) is 0 Å². The molecule has 1 N–H and O–H groups in total. The average Bonchev–Trinajstić information content (AvgIpc) is 2.73. The molecule has 2 heterocycles. The van der Waals surface area contributed by atoms with Gasteiger partial charge in [0.25, 0.3) is 0 Å². The van der Waals surface area contributed by atoms with Crippen LogP contribution in [0.5, 0.6) is 5.75 Å². The Morgan fingerprint density at radius 2 is 1.79 bits per heavy atom. The molecule has 1 aromatic carbocycles. The number of aromatic nitrogens is 3. The second-order valence-corrected chi connectivity index (χ2v) is 6.47. The van der Waals surface area contributed by atoms with Crippen molar-refractivity contribution in [3.8, 4) is 17.1 Å². The van der Waals surface area contributed by atoms with Gasteiger partial charge in [-0.05, 0) is 29.8 Å². The van der Waals surface area contributed by atoms with Gasteiger partial charge in [0.15, 0.2) is 5.82 Å². The van der Waals surface area contributed by atoms with E-state index in [0.717, 1.165) is 28.4 Å². The summed E-state index contributed by atoms with van der Waals surface area (Å²) in [6.45, 7) is 0.330. The van der Waals surface area contributed by atoms with E-state index >= 15 is 0 Å². The van der Waals surface area contributed by atoms with Gasteiger partial charge in [-0.1, -0.05) is 12.1 Å². The third-order valence-electron chi connectivity index (χ3n) is 4.15. The van der Waals surface area contributed by atoms with Gasteiger partial charge in [-0.15, -0.1) is 0 Å². The highest BCUT2D eigenvalue weighted by molar-refractivity contribution is 5.78. The second kappa shape index (κ2) is 8.94. The van der Waals surface area contributed by atoms with E-state index in [2.05, 4.69) is 20.3 Å². The largest absolute Gasteiger partial charge is 0.497 e. The van der Waals surface area contributed by atoms with Crippen LogP contribution < -0.4 is 15.0 Å². The van der Waals surface area contributed by atoms with Crippen LogP contribution in [0.3, 0.4) is 0 Å². The van der Waals surface area contributed by atoms with Gasteiger partial charge in [0.2, 0.25) is 5.91 Å². The molecular formula is C21H23N5O2. The van der Waals surface area contributed by atoms with Crippen LogP contribution >= 0.6 is 0 Å². The van der Waals surface area contributed by atoms with E-state index < -0.39 is 0 Å². The number of benzene rings is 1. The molecule has 0 aliphatic heterocycles. The third-order valence-corrected chi connectivity index (χ3v) is 4.15. The van der Waals surface area contributed by atoms with E-state index in [-0.39, 0.29) is 5.91 Å². The highest BCUT2D eigenvalue weighted by Crippen LogP contribution is 2.18. The zero-order chi connectivity index (χ0) is 19.9. The van der Waals surface area contributed by atoms with E-state index in [9.17, 15) is 4.79 Å². The molecular weight excluding hydrogens is 354 g/mol. The number of carbonyl (C=O) groups excluding carboxylic acids is 1. The smallest absolute Gasteiger partial charge is 0.224 e. The summed E-state index contributed by atoms with van der Waals surface area (Å²) in [6, 6.07) is 13.1. The maximum absolute atomic E-state index is 12.3. The van der Waals surface area contributed by atoms with Gasteiger partial charge in [-0.2, -0.15) is 0 Å². The lowest BCUT2D eigenvalue weighted by molar-refractivity contribution is -0.120. The first-order chi connectivity index (χ1) is 13.5. The fourth-order valence-electron chi connectivity index (χ4n) is 2.61. The number of carbonyl (C=O) groups is 1. The highest BCUT2D eigenvalue weighted by atomic mass is 16.5. The number of nitrogens with zero attached hydrogens (tertiary/aromatic N) is 4. The zero-order valence-corrected chi connectivity index (χ0v) is 16.2. The number of ether oxygens (including phenoxy) is 1. The SMILES string of the molecule is COc1ccc(CC(=O)NCc2cc(N(C)C)nc(-c3ccncc3)n2)cc1.